The summed E-state index contributed by atoms with van der Waals surface area (Å²) >= 11 is 4.69. The van der Waals surface area contributed by atoms with E-state index in [0.717, 1.165) is 16.8 Å². The maximum atomic E-state index is 12.4. The van der Waals surface area contributed by atoms with Gasteiger partial charge >= 0.3 is 0 Å². The molecule has 1 aliphatic rings. The quantitative estimate of drug-likeness (QED) is 0.708. The van der Waals surface area contributed by atoms with Gasteiger partial charge in [0.25, 0.3) is 0 Å². The summed E-state index contributed by atoms with van der Waals surface area (Å²) in [7, 11) is 0. The number of nitriles is 1. The van der Waals surface area contributed by atoms with Crippen molar-refractivity contribution in [1.82, 2.24) is 4.98 Å². The van der Waals surface area contributed by atoms with E-state index in [1.165, 1.54) is 11.8 Å². The Morgan fingerprint density at radius 2 is 1.93 bits per heavy atom. The first kappa shape index (κ1) is 19.5. The average Bonchev–Trinajstić information content (AvgIpc) is 2.65. The number of hydrogen-bond acceptors (Lipinski definition) is 6. The van der Waals surface area contributed by atoms with Gasteiger partial charge in [0.05, 0.1) is 17.0 Å². The Morgan fingerprint density at radius 1 is 1.26 bits per heavy atom. The largest absolute Gasteiger partial charge is 0.486 e. The molecule has 1 aromatic heterocycles. The molecule has 0 atom stereocenters. The third-order valence-corrected chi connectivity index (χ3v) is 5.95. The van der Waals surface area contributed by atoms with Gasteiger partial charge < -0.3 is 14.8 Å². The fourth-order valence-corrected chi connectivity index (χ4v) is 3.93. The predicted molar refractivity (Wildman–Crippen MR) is 108 cm³/mol. The first-order valence-electron chi connectivity index (χ1n) is 8.30. The van der Waals surface area contributed by atoms with Crippen molar-refractivity contribution in [3.05, 3.63) is 39.0 Å². The number of fused-ring (bicyclic) bond motifs is 1. The number of rotatable bonds is 4. The molecule has 0 radical (unpaired) electrons. The molecule has 0 fully saturated rings. The van der Waals surface area contributed by atoms with E-state index in [1.54, 1.807) is 12.1 Å². The van der Waals surface area contributed by atoms with E-state index < -0.39 is 0 Å². The molecule has 1 amide bonds. The second-order valence-corrected chi connectivity index (χ2v) is 7.87. The molecule has 1 aliphatic heterocycles. The minimum Gasteiger partial charge on any atom is -0.486 e. The van der Waals surface area contributed by atoms with Gasteiger partial charge in [-0.15, -0.1) is 0 Å². The molecule has 2 heterocycles. The molecule has 140 valence electrons. The van der Waals surface area contributed by atoms with Gasteiger partial charge in [-0.25, -0.2) is 4.98 Å². The van der Waals surface area contributed by atoms with Gasteiger partial charge in [-0.3, -0.25) is 4.79 Å². The van der Waals surface area contributed by atoms with Crippen LogP contribution in [0.5, 0.6) is 11.5 Å². The van der Waals surface area contributed by atoms with E-state index in [9.17, 15) is 10.1 Å². The summed E-state index contributed by atoms with van der Waals surface area (Å²) in [5.74, 6) is 1.20. The van der Waals surface area contributed by atoms with Crippen LogP contribution >= 0.6 is 27.7 Å². The highest BCUT2D eigenvalue weighted by molar-refractivity contribution is 9.10. The van der Waals surface area contributed by atoms with E-state index in [4.69, 9.17) is 9.47 Å². The van der Waals surface area contributed by atoms with Crippen LogP contribution in [0.4, 0.5) is 5.69 Å². The van der Waals surface area contributed by atoms with E-state index in [1.807, 2.05) is 20.8 Å². The van der Waals surface area contributed by atoms with E-state index >= 15 is 0 Å². The Labute approximate surface area is 170 Å². The maximum Gasteiger partial charge on any atom is 0.234 e. The Morgan fingerprint density at radius 3 is 2.59 bits per heavy atom. The van der Waals surface area contributed by atoms with Gasteiger partial charge in [-0.1, -0.05) is 11.8 Å². The van der Waals surface area contributed by atoms with Crippen LogP contribution in [0.15, 0.2) is 21.6 Å². The van der Waals surface area contributed by atoms with Gasteiger partial charge in [0.1, 0.15) is 24.3 Å². The first-order chi connectivity index (χ1) is 12.9. The van der Waals surface area contributed by atoms with Gasteiger partial charge in [0, 0.05) is 22.3 Å². The smallest absolute Gasteiger partial charge is 0.234 e. The number of nitrogens with one attached hydrogen (secondary N) is 1. The van der Waals surface area contributed by atoms with Crippen LogP contribution in [-0.4, -0.2) is 29.9 Å². The Kier molecular flexibility index (Phi) is 5.92. The lowest BCUT2D eigenvalue weighted by atomic mass is 10.1. The van der Waals surface area contributed by atoms with Crippen LogP contribution in [0.1, 0.15) is 22.4 Å². The number of ether oxygens (including phenoxy) is 2. The normalized spacial score (nSPS) is 12.4. The lowest BCUT2D eigenvalue weighted by molar-refractivity contribution is -0.113. The topological polar surface area (TPSA) is 84.2 Å². The van der Waals surface area contributed by atoms with Crippen LogP contribution in [0.25, 0.3) is 0 Å². The minimum absolute atomic E-state index is 0.143. The number of pyridine rings is 1. The van der Waals surface area contributed by atoms with E-state index in [2.05, 4.69) is 32.3 Å². The fourth-order valence-electron chi connectivity index (χ4n) is 2.63. The molecule has 0 unspecified atom stereocenters. The number of benzene rings is 1. The number of hydrogen-bond donors (Lipinski definition) is 1. The zero-order valence-electron chi connectivity index (χ0n) is 15.2. The summed E-state index contributed by atoms with van der Waals surface area (Å²) in [5.41, 5.74) is 3.90. The number of halogens is 1. The SMILES string of the molecule is Cc1nc(SCC(=O)Nc2cc3c(cc2Br)OCCO3)c(C#N)c(C)c1C. The van der Waals surface area contributed by atoms with Crippen molar-refractivity contribution in [3.8, 4) is 17.6 Å². The van der Waals surface area contributed by atoms with Crippen LogP contribution in [0.2, 0.25) is 0 Å². The molecule has 6 nitrogen and oxygen atoms in total. The molecule has 0 saturated carbocycles. The van der Waals surface area contributed by atoms with Gasteiger partial charge in [-0.05, 0) is 47.8 Å². The summed E-state index contributed by atoms with van der Waals surface area (Å²) in [4.78, 5) is 16.9. The van der Waals surface area contributed by atoms with Crippen molar-refractivity contribution in [1.29, 1.82) is 5.26 Å². The van der Waals surface area contributed by atoms with Gasteiger partial charge in [0.15, 0.2) is 11.5 Å². The molecule has 0 saturated heterocycles. The molecule has 2 aromatic rings. The van der Waals surface area contributed by atoms with Crippen LogP contribution < -0.4 is 14.8 Å². The van der Waals surface area contributed by atoms with Crippen LogP contribution in [0.3, 0.4) is 0 Å². The summed E-state index contributed by atoms with van der Waals surface area (Å²) in [6.07, 6.45) is 0. The monoisotopic (exact) mass is 447 g/mol. The highest BCUT2D eigenvalue weighted by Crippen LogP contribution is 2.38. The number of aromatic nitrogens is 1. The summed E-state index contributed by atoms with van der Waals surface area (Å²) < 4.78 is 11.8. The zero-order chi connectivity index (χ0) is 19.6. The highest BCUT2D eigenvalue weighted by Gasteiger charge is 2.18. The fraction of sp³-hybridized carbons (Fsp3) is 0.316. The summed E-state index contributed by atoms with van der Waals surface area (Å²) in [6, 6.07) is 5.71. The highest BCUT2D eigenvalue weighted by atomic mass is 79.9. The molecule has 1 aromatic carbocycles. The number of carbonyl (C=O) groups excluding carboxylic acids is 1. The number of thioether (sulfide) groups is 1. The van der Waals surface area contributed by atoms with Crippen molar-refractivity contribution >= 4 is 39.3 Å². The van der Waals surface area contributed by atoms with Gasteiger partial charge in [-0.2, -0.15) is 5.26 Å². The maximum absolute atomic E-state index is 12.4. The molecule has 8 heteroatoms. The second kappa shape index (κ2) is 8.19. The standard InChI is InChI=1S/C19H18BrN3O3S/c1-10-11(2)13(8-21)19(22-12(10)3)27-9-18(24)23-15-7-17-16(6-14(15)20)25-4-5-26-17/h6-7H,4-5,9H2,1-3H3,(H,23,24). The molecule has 0 spiro atoms. The minimum atomic E-state index is -0.195. The average molecular weight is 448 g/mol. The number of carbonyl (C=O) groups is 1. The molecular formula is C19H18BrN3O3S. The third kappa shape index (κ3) is 4.20. The van der Waals surface area contributed by atoms with Crippen molar-refractivity contribution in [3.63, 3.8) is 0 Å². The molecule has 27 heavy (non-hydrogen) atoms. The number of amides is 1. The van der Waals surface area contributed by atoms with Crippen LogP contribution in [0, 0.1) is 32.1 Å². The van der Waals surface area contributed by atoms with Crippen molar-refractivity contribution < 1.29 is 14.3 Å². The van der Waals surface area contributed by atoms with Crippen LogP contribution in [-0.2, 0) is 4.79 Å². The number of aryl methyl sites for hydroxylation is 1. The van der Waals surface area contributed by atoms with Crippen molar-refractivity contribution in [2.75, 3.05) is 24.3 Å². The second-order valence-electron chi connectivity index (χ2n) is 6.05. The summed E-state index contributed by atoms with van der Waals surface area (Å²) in [6.45, 7) is 6.73. The Bertz CT molecular complexity index is 956. The molecule has 3 rings (SSSR count). The Hall–Kier alpha value is -2.24. The third-order valence-electron chi connectivity index (χ3n) is 4.32. The molecule has 0 aliphatic carbocycles. The summed E-state index contributed by atoms with van der Waals surface area (Å²) in [5, 5.41) is 12.9. The van der Waals surface area contributed by atoms with Crippen molar-refractivity contribution in [2.45, 2.75) is 25.8 Å². The van der Waals surface area contributed by atoms with Gasteiger partial charge in [0.2, 0.25) is 5.91 Å². The predicted octanol–water partition coefficient (Wildman–Crippen LogP) is 4.14. The number of nitrogens with zero attached hydrogens (tertiary/aromatic N) is 2. The molecule has 1 N–H and O–H groups in total. The lowest BCUT2D eigenvalue weighted by Crippen LogP contribution is -2.17. The Balaban J connectivity index is 1.72. The number of anilines is 1. The first-order valence-corrected chi connectivity index (χ1v) is 10.1. The molecular weight excluding hydrogens is 430 g/mol. The van der Waals surface area contributed by atoms with Crippen molar-refractivity contribution in [2.24, 2.45) is 0 Å². The lowest BCUT2D eigenvalue weighted by Gasteiger charge is -2.20. The van der Waals surface area contributed by atoms with E-state index in [0.29, 0.717) is 45.5 Å². The zero-order valence-corrected chi connectivity index (χ0v) is 17.6. The molecule has 0 bridgehead atoms. The van der Waals surface area contributed by atoms with E-state index in [-0.39, 0.29) is 11.7 Å².